The van der Waals surface area contributed by atoms with Crippen LogP contribution in [0, 0.1) is 0 Å². The lowest BCUT2D eigenvalue weighted by molar-refractivity contribution is 0.434. The van der Waals surface area contributed by atoms with Gasteiger partial charge in [-0.3, -0.25) is 0 Å². The molecular weight excluding hydrogens is 328 g/mol. The highest BCUT2D eigenvalue weighted by Crippen LogP contribution is 2.18. The van der Waals surface area contributed by atoms with Crippen molar-refractivity contribution in [3.05, 3.63) is 0 Å². The maximum atomic E-state index is 12.1. The van der Waals surface area contributed by atoms with Gasteiger partial charge in [0.2, 0.25) is 20.0 Å². The van der Waals surface area contributed by atoms with Crippen molar-refractivity contribution >= 4 is 43.6 Å². The molecule has 112 valence electrons. The predicted octanol–water partition coefficient (Wildman–Crippen LogP) is -0.299. The third-order valence-electron chi connectivity index (χ3n) is 3.02. The largest absolute Gasteiger partial charge is 0.230 e. The first-order valence-corrected chi connectivity index (χ1v) is 11.6. The molecular formula is C9H18N2O4S4. The molecule has 2 aliphatic rings. The Balaban J connectivity index is 2.05. The second kappa shape index (κ2) is 6.52. The van der Waals surface area contributed by atoms with Crippen molar-refractivity contribution in [2.75, 3.05) is 54.3 Å². The number of hydrogen-bond donors (Lipinski definition) is 0. The van der Waals surface area contributed by atoms with Crippen molar-refractivity contribution < 1.29 is 16.8 Å². The third-order valence-corrected chi connectivity index (χ3v) is 9.60. The normalized spacial score (nSPS) is 24.4. The molecule has 2 fully saturated rings. The number of hydrogen-bond acceptors (Lipinski definition) is 6. The molecule has 2 saturated heterocycles. The maximum absolute atomic E-state index is 12.1. The highest BCUT2D eigenvalue weighted by atomic mass is 32.3. The molecule has 0 N–H and O–H groups in total. The lowest BCUT2D eigenvalue weighted by Crippen LogP contribution is -2.46. The molecule has 0 aromatic carbocycles. The summed E-state index contributed by atoms with van der Waals surface area (Å²) in [5.74, 6) is 2.94. The van der Waals surface area contributed by atoms with E-state index in [1.165, 1.54) is 8.61 Å². The Hall–Kier alpha value is 0.520. The van der Waals surface area contributed by atoms with Crippen molar-refractivity contribution in [1.29, 1.82) is 0 Å². The summed E-state index contributed by atoms with van der Waals surface area (Å²) in [4.78, 5) is 0. The van der Waals surface area contributed by atoms with Crippen LogP contribution in [-0.2, 0) is 20.0 Å². The molecule has 0 saturated carbocycles. The van der Waals surface area contributed by atoms with E-state index in [0.29, 0.717) is 26.2 Å². The number of nitrogens with zero attached hydrogens (tertiary/aromatic N) is 2. The fraction of sp³-hybridized carbons (Fsp3) is 1.00. The first-order valence-electron chi connectivity index (χ1n) is 6.03. The zero-order valence-electron chi connectivity index (χ0n) is 10.5. The molecule has 0 unspecified atom stereocenters. The van der Waals surface area contributed by atoms with E-state index in [2.05, 4.69) is 0 Å². The molecule has 0 atom stereocenters. The molecule has 6 nitrogen and oxygen atoms in total. The molecule has 0 radical (unpaired) electrons. The molecule has 2 aliphatic heterocycles. The summed E-state index contributed by atoms with van der Waals surface area (Å²) in [6.45, 7) is 1.66. The summed E-state index contributed by atoms with van der Waals surface area (Å²) >= 11 is 3.38. The first-order chi connectivity index (χ1) is 8.92. The average Bonchev–Trinajstić information content (AvgIpc) is 2.40. The molecule has 0 bridgehead atoms. The first kappa shape index (κ1) is 15.9. The van der Waals surface area contributed by atoms with Gasteiger partial charge in [-0.1, -0.05) is 0 Å². The van der Waals surface area contributed by atoms with Crippen LogP contribution in [0.3, 0.4) is 0 Å². The summed E-state index contributed by atoms with van der Waals surface area (Å²) in [6, 6.07) is 0. The minimum Gasteiger partial charge on any atom is -0.211 e. The van der Waals surface area contributed by atoms with Crippen LogP contribution >= 0.6 is 23.5 Å². The van der Waals surface area contributed by atoms with Crippen LogP contribution in [0.5, 0.6) is 0 Å². The SMILES string of the molecule is O=S(=O)(CS(=O)(=O)N1CCSCC1)N1CCSCC1. The van der Waals surface area contributed by atoms with E-state index in [-0.39, 0.29) is 0 Å². The average molecular weight is 347 g/mol. The number of rotatable bonds is 4. The smallest absolute Gasteiger partial charge is 0.211 e. The van der Waals surface area contributed by atoms with Crippen LogP contribution in [0.4, 0.5) is 0 Å². The molecule has 2 rings (SSSR count). The Morgan fingerprint density at radius 2 is 1.00 bits per heavy atom. The zero-order chi connectivity index (χ0) is 13.9. The summed E-state index contributed by atoms with van der Waals surface area (Å²) in [7, 11) is -7.41. The molecule has 19 heavy (non-hydrogen) atoms. The van der Waals surface area contributed by atoms with E-state index in [1.54, 1.807) is 23.5 Å². The fourth-order valence-corrected chi connectivity index (χ4v) is 8.43. The van der Waals surface area contributed by atoms with Gasteiger partial charge in [-0.05, 0) is 0 Å². The Labute approximate surface area is 123 Å². The predicted molar refractivity (Wildman–Crippen MR) is 80.5 cm³/mol. The molecule has 2 heterocycles. The maximum Gasteiger partial charge on any atom is 0.230 e. The molecule has 0 amide bonds. The number of thioether (sulfide) groups is 2. The summed E-state index contributed by atoms with van der Waals surface area (Å²) in [5, 5.41) is -0.782. The van der Waals surface area contributed by atoms with Crippen LogP contribution in [0.1, 0.15) is 0 Å². The molecule has 0 aliphatic carbocycles. The molecule has 10 heteroatoms. The fourth-order valence-electron chi connectivity index (χ4n) is 1.99. The van der Waals surface area contributed by atoms with Gasteiger partial charge < -0.3 is 0 Å². The van der Waals surface area contributed by atoms with Crippen molar-refractivity contribution in [2.24, 2.45) is 0 Å². The summed E-state index contributed by atoms with van der Waals surface area (Å²) in [6.07, 6.45) is 0. The Morgan fingerprint density at radius 3 is 1.32 bits per heavy atom. The van der Waals surface area contributed by atoms with Gasteiger partial charge in [0.15, 0.2) is 5.08 Å². The molecule has 0 aromatic rings. The summed E-state index contributed by atoms with van der Waals surface area (Å²) in [5.41, 5.74) is 0. The van der Waals surface area contributed by atoms with E-state index in [9.17, 15) is 16.8 Å². The lowest BCUT2D eigenvalue weighted by atomic mass is 10.6. The van der Waals surface area contributed by atoms with Gasteiger partial charge in [0.1, 0.15) is 0 Å². The Morgan fingerprint density at radius 1 is 0.684 bits per heavy atom. The van der Waals surface area contributed by atoms with E-state index in [1.807, 2.05) is 0 Å². The third kappa shape index (κ3) is 4.24. The molecule has 0 aromatic heterocycles. The van der Waals surface area contributed by atoms with E-state index < -0.39 is 25.1 Å². The second-order valence-corrected chi connectivity index (χ2v) is 11.1. The second-order valence-electron chi connectivity index (χ2n) is 4.36. The van der Waals surface area contributed by atoms with E-state index in [4.69, 9.17) is 0 Å². The van der Waals surface area contributed by atoms with Gasteiger partial charge >= 0.3 is 0 Å². The quantitative estimate of drug-likeness (QED) is 0.696. The van der Waals surface area contributed by atoms with Crippen LogP contribution < -0.4 is 0 Å². The van der Waals surface area contributed by atoms with Gasteiger partial charge in [-0.25, -0.2) is 16.8 Å². The topological polar surface area (TPSA) is 74.8 Å². The van der Waals surface area contributed by atoms with E-state index in [0.717, 1.165) is 23.0 Å². The van der Waals surface area contributed by atoms with Crippen molar-refractivity contribution in [1.82, 2.24) is 8.61 Å². The zero-order valence-corrected chi connectivity index (χ0v) is 13.8. The molecule has 0 spiro atoms. The van der Waals surface area contributed by atoms with Gasteiger partial charge in [0.05, 0.1) is 0 Å². The minimum atomic E-state index is -3.71. The van der Waals surface area contributed by atoms with Crippen LogP contribution in [-0.4, -0.2) is 79.7 Å². The minimum absolute atomic E-state index is 0.415. The lowest BCUT2D eigenvalue weighted by Gasteiger charge is -2.29. The van der Waals surface area contributed by atoms with Crippen molar-refractivity contribution in [2.45, 2.75) is 0 Å². The number of sulfonamides is 2. The Kier molecular flexibility index (Phi) is 5.46. The Bertz CT molecular complexity index is 446. The van der Waals surface area contributed by atoms with Gasteiger partial charge in [-0.15, -0.1) is 0 Å². The van der Waals surface area contributed by atoms with Crippen LogP contribution in [0.2, 0.25) is 0 Å². The van der Waals surface area contributed by atoms with Crippen LogP contribution in [0.25, 0.3) is 0 Å². The monoisotopic (exact) mass is 346 g/mol. The highest BCUT2D eigenvalue weighted by molar-refractivity contribution is 8.06. The van der Waals surface area contributed by atoms with Crippen molar-refractivity contribution in [3.8, 4) is 0 Å². The van der Waals surface area contributed by atoms with Crippen LogP contribution in [0.15, 0.2) is 0 Å². The summed E-state index contributed by atoms with van der Waals surface area (Å²) < 4.78 is 51.2. The highest BCUT2D eigenvalue weighted by Gasteiger charge is 2.34. The van der Waals surface area contributed by atoms with Crippen molar-refractivity contribution in [3.63, 3.8) is 0 Å². The van der Waals surface area contributed by atoms with E-state index >= 15 is 0 Å². The van der Waals surface area contributed by atoms with Gasteiger partial charge in [-0.2, -0.15) is 32.1 Å². The van der Waals surface area contributed by atoms with Gasteiger partial charge in [0.25, 0.3) is 0 Å². The van der Waals surface area contributed by atoms with Gasteiger partial charge in [0, 0.05) is 49.2 Å². The standard InChI is InChI=1S/C9H18N2O4S4/c12-18(13,10-1-5-16-6-2-10)9-19(14,15)11-3-7-17-8-4-11/h1-9H2.